The fraction of sp³-hybridized carbons (Fsp3) is 0. The van der Waals surface area contributed by atoms with Crippen LogP contribution in [0.25, 0.3) is 0 Å². The molecule has 0 aromatic heterocycles. The number of halogens is 1. The first kappa shape index (κ1) is 16.6. The van der Waals surface area contributed by atoms with Crippen molar-refractivity contribution < 1.29 is 13.3 Å². The number of nitrogens with two attached hydrogens (primary N) is 1. The first-order valence-corrected chi connectivity index (χ1v) is 8.52. The molecule has 0 aliphatic rings. The number of anilines is 1. The van der Waals surface area contributed by atoms with E-state index in [-0.39, 0.29) is 15.6 Å². The van der Waals surface area contributed by atoms with Crippen LogP contribution in [0, 0.1) is 10.1 Å². The maximum Gasteiger partial charge on any atom is 0.284 e. The Labute approximate surface area is 135 Å². The molecule has 0 atom stereocenters. The van der Waals surface area contributed by atoms with Gasteiger partial charge in [0, 0.05) is 6.07 Å². The standard InChI is InChI=1S/C12H10ClN3O4S2/c13-9-7-8(22(14,19)20)5-6-10(9)15-21-12-4-2-1-3-11(12)16(17)18/h1-7,15H,(H2,14,19,20). The first-order valence-electron chi connectivity index (χ1n) is 5.77. The van der Waals surface area contributed by atoms with Gasteiger partial charge in [0.05, 0.1) is 20.5 Å². The van der Waals surface area contributed by atoms with E-state index in [1.165, 1.54) is 24.3 Å². The van der Waals surface area contributed by atoms with Gasteiger partial charge in [-0.3, -0.25) is 10.1 Å². The molecule has 0 saturated carbocycles. The van der Waals surface area contributed by atoms with E-state index < -0.39 is 14.9 Å². The summed E-state index contributed by atoms with van der Waals surface area (Å²) in [5.41, 5.74) is 0.370. The highest BCUT2D eigenvalue weighted by Gasteiger charge is 2.14. The number of sulfonamides is 1. The molecule has 0 aliphatic heterocycles. The van der Waals surface area contributed by atoms with E-state index in [9.17, 15) is 18.5 Å². The van der Waals surface area contributed by atoms with Crippen molar-refractivity contribution in [3.63, 3.8) is 0 Å². The van der Waals surface area contributed by atoms with Crippen LogP contribution >= 0.6 is 23.5 Å². The summed E-state index contributed by atoms with van der Waals surface area (Å²) >= 11 is 6.97. The van der Waals surface area contributed by atoms with E-state index in [0.717, 1.165) is 11.9 Å². The smallest absolute Gasteiger partial charge is 0.284 e. The second-order valence-electron chi connectivity index (χ2n) is 4.12. The van der Waals surface area contributed by atoms with Crippen molar-refractivity contribution in [1.82, 2.24) is 0 Å². The zero-order valence-electron chi connectivity index (χ0n) is 10.9. The van der Waals surface area contributed by atoms with E-state index in [0.29, 0.717) is 10.6 Å². The van der Waals surface area contributed by atoms with Crippen LogP contribution in [0.5, 0.6) is 0 Å². The summed E-state index contributed by atoms with van der Waals surface area (Å²) in [5, 5.41) is 16.1. The lowest BCUT2D eigenvalue weighted by atomic mass is 10.3. The number of hydrogen-bond donors (Lipinski definition) is 2. The van der Waals surface area contributed by atoms with E-state index in [1.807, 2.05) is 0 Å². The third-order valence-corrected chi connectivity index (χ3v) is 4.71. The van der Waals surface area contributed by atoms with Crippen molar-refractivity contribution in [3.05, 3.63) is 57.6 Å². The Balaban J connectivity index is 2.21. The second kappa shape index (κ2) is 6.53. The molecule has 22 heavy (non-hydrogen) atoms. The number of hydrogen-bond acceptors (Lipinski definition) is 6. The number of nitrogens with zero attached hydrogens (tertiary/aromatic N) is 1. The minimum absolute atomic E-state index is 0.0442. The van der Waals surface area contributed by atoms with E-state index in [4.69, 9.17) is 16.7 Å². The molecule has 2 aromatic carbocycles. The summed E-state index contributed by atoms with van der Waals surface area (Å²) in [5.74, 6) is 0. The van der Waals surface area contributed by atoms with Gasteiger partial charge >= 0.3 is 0 Å². The normalized spacial score (nSPS) is 11.2. The number of nitro benzene ring substituents is 1. The van der Waals surface area contributed by atoms with Crippen LogP contribution in [0.15, 0.2) is 52.3 Å². The highest BCUT2D eigenvalue weighted by molar-refractivity contribution is 8.00. The molecule has 0 bridgehead atoms. The van der Waals surface area contributed by atoms with E-state index >= 15 is 0 Å². The molecule has 3 N–H and O–H groups in total. The SMILES string of the molecule is NS(=O)(=O)c1ccc(NSc2ccccc2[N+](=O)[O-])c(Cl)c1. The number of para-hydroxylation sites is 1. The third-order valence-electron chi connectivity index (χ3n) is 2.60. The molecule has 0 unspecified atom stereocenters. The van der Waals surface area contributed by atoms with Crippen LogP contribution in [0.2, 0.25) is 5.02 Å². The zero-order valence-corrected chi connectivity index (χ0v) is 13.3. The molecule has 0 aliphatic carbocycles. The number of nitrogens with one attached hydrogen (secondary N) is 1. The Kier molecular flexibility index (Phi) is 4.91. The average molecular weight is 360 g/mol. The van der Waals surface area contributed by atoms with Crippen molar-refractivity contribution >= 4 is 44.9 Å². The molecule has 0 fully saturated rings. The van der Waals surface area contributed by atoms with Crippen molar-refractivity contribution in [2.45, 2.75) is 9.79 Å². The fourth-order valence-corrected chi connectivity index (χ4v) is 3.24. The lowest BCUT2D eigenvalue weighted by molar-refractivity contribution is -0.387. The lowest BCUT2D eigenvalue weighted by Gasteiger charge is -2.08. The summed E-state index contributed by atoms with van der Waals surface area (Å²) < 4.78 is 25.3. The molecule has 2 aromatic rings. The monoisotopic (exact) mass is 359 g/mol. The van der Waals surface area contributed by atoms with Gasteiger partial charge in [-0.25, -0.2) is 13.6 Å². The maximum atomic E-state index is 11.2. The summed E-state index contributed by atoms with van der Waals surface area (Å²) in [4.78, 5) is 10.7. The molecule has 2 rings (SSSR count). The summed E-state index contributed by atoms with van der Waals surface area (Å²) in [7, 11) is -3.84. The Morgan fingerprint density at radius 3 is 2.50 bits per heavy atom. The Bertz CT molecular complexity index is 827. The minimum atomic E-state index is -3.84. The van der Waals surface area contributed by atoms with Gasteiger partial charge in [0.15, 0.2) is 0 Å². The highest BCUT2D eigenvalue weighted by atomic mass is 35.5. The van der Waals surface area contributed by atoms with Gasteiger partial charge in [-0.2, -0.15) is 0 Å². The molecular weight excluding hydrogens is 350 g/mol. The molecule has 7 nitrogen and oxygen atoms in total. The third kappa shape index (κ3) is 3.89. The number of primary sulfonamides is 1. The van der Waals surface area contributed by atoms with Gasteiger partial charge in [0.2, 0.25) is 10.0 Å². The Morgan fingerprint density at radius 2 is 1.91 bits per heavy atom. The van der Waals surface area contributed by atoms with Gasteiger partial charge in [-0.1, -0.05) is 23.7 Å². The fourth-order valence-electron chi connectivity index (χ4n) is 1.56. The topological polar surface area (TPSA) is 115 Å². The molecule has 0 amide bonds. The number of nitro groups is 1. The molecule has 0 saturated heterocycles. The first-order chi connectivity index (χ1) is 10.3. The lowest BCUT2D eigenvalue weighted by Crippen LogP contribution is -2.12. The Morgan fingerprint density at radius 1 is 1.23 bits per heavy atom. The van der Waals surface area contributed by atoms with Gasteiger partial charge < -0.3 is 4.72 Å². The van der Waals surface area contributed by atoms with Crippen LogP contribution in [-0.2, 0) is 10.0 Å². The summed E-state index contributed by atoms with van der Waals surface area (Å²) in [6.45, 7) is 0. The van der Waals surface area contributed by atoms with Gasteiger partial charge in [-0.05, 0) is 36.2 Å². The van der Waals surface area contributed by atoms with Crippen LogP contribution in [0.3, 0.4) is 0 Å². The van der Waals surface area contributed by atoms with Gasteiger partial charge in [0.25, 0.3) is 5.69 Å². The molecule has 0 spiro atoms. The molecule has 0 radical (unpaired) electrons. The molecular formula is C12H10ClN3O4S2. The Hall–Kier alpha value is -1.81. The predicted octanol–water partition coefficient (Wildman–Crippen LogP) is 3.01. The van der Waals surface area contributed by atoms with Crippen LogP contribution in [0.4, 0.5) is 11.4 Å². The van der Waals surface area contributed by atoms with Gasteiger partial charge in [-0.15, -0.1) is 0 Å². The van der Waals surface area contributed by atoms with Crippen molar-refractivity contribution in [2.75, 3.05) is 4.72 Å². The minimum Gasteiger partial charge on any atom is -0.324 e. The van der Waals surface area contributed by atoms with Gasteiger partial charge in [0.1, 0.15) is 4.90 Å². The van der Waals surface area contributed by atoms with Crippen LogP contribution in [0.1, 0.15) is 0 Å². The maximum absolute atomic E-state index is 11.2. The van der Waals surface area contributed by atoms with Crippen molar-refractivity contribution in [3.8, 4) is 0 Å². The largest absolute Gasteiger partial charge is 0.324 e. The predicted molar refractivity (Wildman–Crippen MR) is 85.4 cm³/mol. The summed E-state index contributed by atoms with van der Waals surface area (Å²) in [6, 6.07) is 10.1. The highest BCUT2D eigenvalue weighted by Crippen LogP contribution is 2.32. The number of rotatable bonds is 5. The zero-order chi connectivity index (χ0) is 16.3. The van der Waals surface area contributed by atoms with E-state index in [2.05, 4.69) is 4.72 Å². The molecule has 116 valence electrons. The van der Waals surface area contributed by atoms with Crippen LogP contribution in [-0.4, -0.2) is 13.3 Å². The average Bonchev–Trinajstić information content (AvgIpc) is 2.45. The number of benzene rings is 2. The quantitative estimate of drug-likeness (QED) is 0.481. The van der Waals surface area contributed by atoms with Crippen molar-refractivity contribution in [2.24, 2.45) is 5.14 Å². The second-order valence-corrected chi connectivity index (χ2v) is 6.93. The van der Waals surface area contributed by atoms with Crippen molar-refractivity contribution in [1.29, 1.82) is 0 Å². The molecule has 0 heterocycles. The van der Waals surface area contributed by atoms with Crippen LogP contribution < -0.4 is 9.86 Å². The van der Waals surface area contributed by atoms with E-state index in [1.54, 1.807) is 18.2 Å². The molecule has 10 heteroatoms. The summed E-state index contributed by atoms with van der Waals surface area (Å²) in [6.07, 6.45) is 0.